The van der Waals surface area contributed by atoms with Crippen LogP contribution in [0.4, 0.5) is 0 Å². The van der Waals surface area contributed by atoms with E-state index >= 15 is 0 Å². The van der Waals surface area contributed by atoms with Crippen molar-refractivity contribution in [3.8, 4) is 0 Å². The average Bonchev–Trinajstić information content (AvgIpc) is 2.54. The quantitative estimate of drug-likeness (QED) is 0.718. The third-order valence-corrected chi connectivity index (χ3v) is 3.68. The van der Waals surface area contributed by atoms with Crippen molar-refractivity contribution in [1.29, 1.82) is 0 Å². The van der Waals surface area contributed by atoms with Crippen molar-refractivity contribution in [3.63, 3.8) is 0 Å². The number of hydrogen-bond donors (Lipinski definition) is 1. The van der Waals surface area contributed by atoms with Crippen LogP contribution >= 0.6 is 11.6 Å². The summed E-state index contributed by atoms with van der Waals surface area (Å²) in [6, 6.07) is 3.86. The predicted molar refractivity (Wildman–Crippen MR) is 95.8 cm³/mol. The lowest BCUT2D eigenvalue weighted by Crippen LogP contribution is -2.27. The van der Waals surface area contributed by atoms with Gasteiger partial charge in [-0.2, -0.15) is 0 Å². The van der Waals surface area contributed by atoms with E-state index in [0.717, 1.165) is 53.9 Å². The molecule has 0 amide bonds. The SMILES string of the molecule is C.CC.CC.Cc1cc(C=O)c(C2CCNCC2)cc1Cl. The summed E-state index contributed by atoms with van der Waals surface area (Å²) in [5, 5.41) is 4.09. The molecule has 122 valence electrons. The third-order valence-electron chi connectivity index (χ3n) is 3.27. The van der Waals surface area contributed by atoms with Crippen molar-refractivity contribution >= 4 is 17.9 Å². The van der Waals surface area contributed by atoms with E-state index in [0.29, 0.717) is 5.92 Å². The number of piperidine rings is 1. The van der Waals surface area contributed by atoms with Gasteiger partial charge in [0.05, 0.1) is 0 Å². The molecule has 0 aliphatic carbocycles. The zero-order valence-electron chi connectivity index (χ0n) is 13.4. The third kappa shape index (κ3) is 6.62. The lowest BCUT2D eigenvalue weighted by molar-refractivity contribution is 0.112. The Labute approximate surface area is 136 Å². The van der Waals surface area contributed by atoms with Crippen molar-refractivity contribution in [2.24, 2.45) is 0 Å². The van der Waals surface area contributed by atoms with Gasteiger partial charge in [0.15, 0.2) is 0 Å². The number of carbonyl (C=O) groups is 1. The highest BCUT2D eigenvalue weighted by Gasteiger charge is 2.19. The molecule has 0 unspecified atom stereocenters. The van der Waals surface area contributed by atoms with Crippen LogP contribution in [0.2, 0.25) is 5.02 Å². The minimum Gasteiger partial charge on any atom is -0.317 e. The van der Waals surface area contributed by atoms with Crippen LogP contribution in [0, 0.1) is 6.92 Å². The lowest BCUT2D eigenvalue weighted by Gasteiger charge is -2.24. The second-order valence-corrected chi connectivity index (χ2v) is 4.78. The summed E-state index contributed by atoms with van der Waals surface area (Å²) >= 11 is 6.13. The molecule has 1 aromatic carbocycles. The second kappa shape index (κ2) is 12.8. The Hall–Kier alpha value is -0.860. The smallest absolute Gasteiger partial charge is 0.150 e. The molecule has 0 spiro atoms. The molecular formula is C18H32ClNO. The average molecular weight is 314 g/mol. The summed E-state index contributed by atoms with van der Waals surface area (Å²) in [6.07, 6.45) is 3.11. The molecule has 21 heavy (non-hydrogen) atoms. The molecule has 1 fully saturated rings. The van der Waals surface area contributed by atoms with Gasteiger partial charge in [-0.15, -0.1) is 0 Å². The van der Waals surface area contributed by atoms with Gasteiger partial charge in [-0.1, -0.05) is 46.7 Å². The van der Waals surface area contributed by atoms with Gasteiger partial charge in [-0.25, -0.2) is 0 Å². The van der Waals surface area contributed by atoms with Crippen molar-refractivity contribution in [1.82, 2.24) is 5.32 Å². The van der Waals surface area contributed by atoms with E-state index in [1.807, 2.05) is 46.8 Å². The van der Waals surface area contributed by atoms with Crippen LogP contribution < -0.4 is 5.32 Å². The first-order chi connectivity index (χ1) is 9.72. The van der Waals surface area contributed by atoms with Crippen LogP contribution in [0.1, 0.15) is 75.4 Å². The second-order valence-electron chi connectivity index (χ2n) is 4.37. The van der Waals surface area contributed by atoms with E-state index in [2.05, 4.69) is 5.32 Å². The Morgan fingerprint density at radius 3 is 2.14 bits per heavy atom. The molecule has 2 rings (SSSR count). The van der Waals surface area contributed by atoms with Crippen LogP contribution in [0.15, 0.2) is 12.1 Å². The van der Waals surface area contributed by atoms with E-state index in [4.69, 9.17) is 11.6 Å². The molecule has 1 aliphatic heterocycles. The molecule has 2 nitrogen and oxygen atoms in total. The first-order valence-electron chi connectivity index (χ1n) is 7.68. The molecular weight excluding hydrogens is 282 g/mol. The molecule has 1 aliphatic rings. The molecule has 3 heteroatoms. The van der Waals surface area contributed by atoms with Crippen molar-refractivity contribution < 1.29 is 4.79 Å². The van der Waals surface area contributed by atoms with Gasteiger partial charge < -0.3 is 5.32 Å². The van der Waals surface area contributed by atoms with Crippen LogP contribution in [0.3, 0.4) is 0 Å². The summed E-state index contributed by atoms with van der Waals surface area (Å²) in [4.78, 5) is 11.1. The zero-order chi connectivity index (χ0) is 15.5. The molecule has 1 heterocycles. The Morgan fingerprint density at radius 1 is 1.14 bits per heavy atom. The van der Waals surface area contributed by atoms with Crippen LogP contribution in [0.25, 0.3) is 0 Å². The zero-order valence-corrected chi connectivity index (χ0v) is 14.2. The number of benzene rings is 1. The van der Waals surface area contributed by atoms with Gasteiger partial charge in [0, 0.05) is 10.6 Å². The van der Waals surface area contributed by atoms with E-state index in [1.165, 1.54) is 0 Å². The van der Waals surface area contributed by atoms with Gasteiger partial charge in [0.25, 0.3) is 0 Å². The summed E-state index contributed by atoms with van der Waals surface area (Å²) < 4.78 is 0. The number of halogens is 1. The Bertz CT molecular complexity index is 398. The van der Waals surface area contributed by atoms with E-state index < -0.39 is 0 Å². The number of rotatable bonds is 2. The fourth-order valence-corrected chi connectivity index (χ4v) is 2.48. The fraction of sp³-hybridized carbons (Fsp3) is 0.611. The van der Waals surface area contributed by atoms with Crippen molar-refractivity contribution in [2.45, 2.75) is 60.8 Å². The summed E-state index contributed by atoms with van der Waals surface area (Å²) in [5.41, 5.74) is 2.89. The first kappa shape index (κ1) is 22.4. The predicted octanol–water partition coefficient (Wildman–Crippen LogP) is 5.62. The standard InChI is InChI=1S/C13H16ClNO.2C2H6.CH4/c1-9-6-11(8-16)12(7-13(9)14)10-2-4-15-5-3-10;2*1-2;/h6-8,10,15H,2-5H2,1H3;2*1-2H3;1H4. The molecule has 1 saturated heterocycles. The highest BCUT2D eigenvalue weighted by molar-refractivity contribution is 6.31. The number of aldehydes is 1. The maximum Gasteiger partial charge on any atom is 0.150 e. The number of nitrogens with one attached hydrogen (secondary N) is 1. The maximum atomic E-state index is 11.1. The van der Waals surface area contributed by atoms with Gasteiger partial charge in [-0.05, 0) is 62.0 Å². The van der Waals surface area contributed by atoms with Crippen LogP contribution in [-0.2, 0) is 0 Å². The van der Waals surface area contributed by atoms with E-state index in [-0.39, 0.29) is 7.43 Å². The molecule has 0 radical (unpaired) electrons. The normalized spacial score (nSPS) is 13.8. The van der Waals surface area contributed by atoms with Gasteiger partial charge >= 0.3 is 0 Å². The summed E-state index contributed by atoms with van der Waals surface area (Å²) in [7, 11) is 0. The number of aryl methyl sites for hydroxylation is 1. The highest BCUT2D eigenvalue weighted by atomic mass is 35.5. The van der Waals surface area contributed by atoms with E-state index in [9.17, 15) is 4.79 Å². The van der Waals surface area contributed by atoms with Gasteiger partial charge in [0.1, 0.15) is 6.29 Å². The minimum atomic E-state index is 0. The van der Waals surface area contributed by atoms with Gasteiger partial charge in [-0.3, -0.25) is 4.79 Å². The molecule has 0 saturated carbocycles. The van der Waals surface area contributed by atoms with Crippen LogP contribution in [0.5, 0.6) is 0 Å². The number of hydrogen-bond acceptors (Lipinski definition) is 2. The Kier molecular flexibility index (Phi) is 13.7. The monoisotopic (exact) mass is 313 g/mol. The molecule has 0 bridgehead atoms. The first-order valence-corrected chi connectivity index (χ1v) is 8.06. The number of carbonyl (C=O) groups excluding carboxylic acids is 1. The lowest BCUT2D eigenvalue weighted by atomic mass is 9.87. The molecule has 0 aromatic heterocycles. The molecule has 1 N–H and O–H groups in total. The summed E-state index contributed by atoms with van der Waals surface area (Å²) in [5.74, 6) is 0.472. The highest BCUT2D eigenvalue weighted by Crippen LogP contribution is 2.31. The van der Waals surface area contributed by atoms with E-state index in [1.54, 1.807) is 0 Å². The van der Waals surface area contributed by atoms with Crippen LogP contribution in [-0.4, -0.2) is 19.4 Å². The Balaban J connectivity index is 0. The van der Waals surface area contributed by atoms with Crippen molar-refractivity contribution in [2.75, 3.05) is 13.1 Å². The van der Waals surface area contributed by atoms with Crippen molar-refractivity contribution in [3.05, 3.63) is 33.8 Å². The molecule has 0 atom stereocenters. The Morgan fingerprint density at radius 2 is 1.67 bits per heavy atom. The molecule has 1 aromatic rings. The maximum absolute atomic E-state index is 11.1. The fourth-order valence-electron chi connectivity index (χ4n) is 2.31. The minimum absolute atomic E-state index is 0. The topological polar surface area (TPSA) is 29.1 Å². The van der Waals surface area contributed by atoms with Gasteiger partial charge in [0.2, 0.25) is 0 Å². The summed E-state index contributed by atoms with van der Waals surface area (Å²) in [6.45, 7) is 12.0. The largest absolute Gasteiger partial charge is 0.317 e.